The van der Waals surface area contributed by atoms with E-state index in [0.717, 1.165) is 63.0 Å². The second kappa shape index (κ2) is 7.60. The van der Waals surface area contributed by atoms with E-state index in [4.69, 9.17) is 0 Å². The molecule has 0 N–H and O–H groups in total. The van der Waals surface area contributed by atoms with Crippen LogP contribution in [0.5, 0.6) is 0 Å². The van der Waals surface area contributed by atoms with Crippen LogP contribution in [-0.2, 0) is 10.0 Å². The first-order chi connectivity index (χ1) is 8.99. The van der Waals surface area contributed by atoms with Gasteiger partial charge >= 0.3 is 0 Å². The van der Waals surface area contributed by atoms with Crippen molar-refractivity contribution < 1.29 is 12.9 Å². The predicted molar refractivity (Wildman–Crippen MR) is 80.6 cm³/mol. The molecule has 0 aliphatic carbocycles. The molecular formula is C14H31N2O2S+. The molecule has 0 aromatic carbocycles. The van der Waals surface area contributed by atoms with Crippen LogP contribution in [0.15, 0.2) is 0 Å². The van der Waals surface area contributed by atoms with E-state index in [0.29, 0.717) is 5.75 Å². The van der Waals surface area contributed by atoms with Crippen LogP contribution in [0.1, 0.15) is 46.5 Å². The standard InChI is InChI=1S/C14H31N2O2S/c1-4-16(5-2,6-3)13-10-14-19(17,18)15-11-8-7-9-12-15/h4-14H2,1-3H3/q+1. The summed E-state index contributed by atoms with van der Waals surface area (Å²) in [4.78, 5) is 0. The molecule has 4 nitrogen and oxygen atoms in total. The number of piperidine rings is 1. The molecular weight excluding hydrogens is 260 g/mol. The molecule has 1 rings (SSSR count). The molecule has 5 heteroatoms. The van der Waals surface area contributed by atoms with Gasteiger partial charge < -0.3 is 4.48 Å². The summed E-state index contributed by atoms with van der Waals surface area (Å²) in [6, 6.07) is 0. The Hall–Kier alpha value is -0.130. The molecule has 1 aliphatic rings. The fourth-order valence-electron chi connectivity index (χ4n) is 3.00. The third-order valence-electron chi connectivity index (χ3n) is 4.76. The van der Waals surface area contributed by atoms with Crippen LogP contribution in [0.25, 0.3) is 0 Å². The fourth-order valence-corrected chi connectivity index (χ4v) is 4.57. The SMILES string of the molecule is CC[N+](CC)(CC)CCCS(=O)(=O)N1CCCCC1. The molecule has 0 atom stereocenters. The Balaban J connectivity index is 2.46. The van der Waals surface area contributed by atoms with Gasteiger partial charge in [0.2, 0.25) is 10.0 Å². The van der Waals surface area contributed by atoms with E-state index >= 15 is 0 Å². The molecule has 0 bridgehead atoms. The summed E-state index contributed by atoms with van der Waals surface area (Å²) < 4.78 is 27.3. The number of hydrogen-bond donors (Lipinski definition) is 0. The lowest BCUT2D eigenvalue weighted by Gasteiger charge is -2.36. The van der Waals surface area contributed by atoms with E-state index < -0.39 is 10.0 Å². The highest BCUT2D eigenvalue weighted by atomic mass is 32.2. The van der Waals surface area contributed by atoms with Gasteiger partial charge in [-0.25, -0.2) is 12.7 Å². The lowest BCUT2D eigenvalue weighted by Crippen LogP contribution is -2.49. The van der Waals surface area contributed by atoms with Gasteiger partial charge in [-0.3, -0.25) is 0 Å². The van der Waals surface area contributed by atoms with E-state index in [9.17, 15) is 8.42 Å². The van der Waals surface area contributed by atoms with Crippen molar-refractivity contribution in [2.45, 2.75) is 46.5 Å². The summed E-state index contributed by atoms with van der Waals surface area (Å²) in [7, 11) is -3.01. The smallest absolute Gasteiger partial charge is 0.214 e. The van der Waals surface area contributed by atoms with Gasteiger partial charge in [0, 0.05) is 19.5 Å². The van der Waals surface area contributed by atoms with Crippen molar-refractivity contribution in [3.05, 3.63) is 0 Å². The minimum absolute atomic E-state index is 0.326. The normalized spacial score (nSPS) is 18.7. The van der Waals surface area contributed by atoms with Crippen LogP contribution in [-0.4, -0.2) is 62.2 Å². The molecule has 0 amide bonds. The quantitative estimate of drug-likeness (QED) is 0.642. The van der Waals surface area contributed by atoms with Gasteiger partial charge in [0.05, 0.1) is 31.9 Å². The third-order valence-corrected chi connectivity index (χ3v) is 6.71. The Bertz CT molecular complexity index is 336. The number of hydrogen-bond acceptors (Lipinski definition) is 2. The van der Waals surface area contributed by atoms with Crippen LogP contribution >= 0.6 is 0 Å². The summed E-state index contributed by atoms with van der Waals surface area (Å²) in [5.41, 5.74) is 0. The van der Waals surface area contributed by atoms with Crippen molar-refractivity contribution in [2.24, 2.45) is 0 Å². The summed E-state index contributed by atoms with van der Waals surface area (Å²) in [5, 5.41) is 0. The van der Waals surface area contributed by atoms with Gasteiger partial charge in [-0.15, -0.1) is 0 Å². The summed E-state index contributed by atoms with van der Waals surface area (Å²) in [6.45, 7) is 12.3. The minimum Gasteiger partial charge on any atom is -0.324 e. The Labute approximate surface area is 119 Å². The van der Waals surface area contributed by atoms with Gasteiger partial charge in [-0.1, -0.05) is 6.42 Å². The third kappa shape index (κ3) is 4.72. The zero-order valence-electron chi connectivity index (χ0n) is 12.9. The van der Waals surface area contributed by atoms with Gasteiger partial charge in [0.1, 0.15) is 0 Å². The van der Waals surface area contributed by atoms with Gasteiger partial charge in [0.25, 0.3) is 0 Å². The number of rotatable bonds is 8. The fraction of sp³-hybridized carbons (Fsp3) is 1.00. The molecule has 0 aromatic heterocycles. The minimum atomic E-state index is -3.01. The molecule has 1 heterocycles. The van der Waals surface area contributed by atoms with Gasteiger partial charge in [-0.05, 0) is 33.6 Å². The molecule has 0 radical (unpaired) electrons. The second-order valence-electron chi connectivity index (χ2n) is 5.64. The topological polar surface area (TPSA) is 37.4 Å². The maximum atomic E-state index is 12.3. The lowest BCUT2D eigenvalue weighted by atomic mass is 10.2. The first kappa shape index (κ1) is 16.9. The Kier molecular flexibility index (Phi) is 6.77. The molecule has 114 valence electrons. The average Bonchev–Trinajstić information content (AvgIpc) is 2.45. The van der Waals surface area contributed by atoms with Crippen LogP contribution in [0.4, 0.5) is 0 Å². The molecule has 1 aliphatic heterocycles. The molecule has 19 heavy (non-hydrogen) atoms. The summed E-state index contributed by atoms with van der Waals surface area (Å²) in [5.74, 6) is 0.326. The van der Waals surface area contributed by atoms with Crippen molar-refractivity contribution >= 4 is 10.0 Å². The zero-order chi connectivity index (χ0) is 14.4. The van der Waals surface area contributed by atoms with E-state index in [1.807, 2.05) is 0 Å². The first-order valence-corrected chi connectivity index (χ1v) is 9.43. The maximum absolute atomic E-state index is 12.3. The largest absolute Gasteiger partial charge is 0.324 e. The molecule has 0 unspecified atom stereocenters. The molecule has 0 aromatic rings. The Morgan fingerprint density at radius 1 is 0.947 bits per heavy atom. The van der Waals surface area contributed by atoms with Crippen molar-refractivity contribution in [1.82, 2.24) is 4.31 Å². The van der Waals surface area contributed by atoms with E-state index in [1.165, 1.54) is 6.42 Å². The highest BCUT2D eigenvalue weighted by Gasteiger charge is 2.26. The molecule has 0 spiro atoms. The van der Waals surface area contributed by atoms with Crippen LogP contribution in [0, 0.1) is 0 Å². The Morgan fingerprint density at radius 2 is 1.47 bits per heavy atom. The highest BCUT2D eigenvalue weighted by Crippen LogP contribution is 2.15. The predicted octanol–water partition coefficient (Wildman–Crippen LogP) is 2.07. The van der Waals surface area contributed by atoms with E-state index in [1.54, 1.807) is 4.31 Å². The van der Waals surface area contributed by atoms with Crippen molar-refractivity contribution in [2.75, 3.05) is 45.0 Å². The van der Waals surface area contributed by atoms with E-state index in [2.05, 4.69) is 20.8 Å². The summed E-state index contributed by atoms with van der Waals surface area (Å²) in [6.07, 6.45) is 4.01. The van der Waals surface area contributed by atoms with E-state index in [-0.39, 0.29) is 0 Å². The number of sulfonamides is 1. The molecule has 0 saturated carbocycles. The first-order valence-electron chi connectivity index (χ1n) is 7.82. The lowest BCUT2D eigenvalue weighted by molar-refractivity contribution is -0.923. The van der Waals surface area contributed by atoms with Crippen LogP contribution < -0.4 is 0 Å². The zero-order valence-corrected chi connectivity index (χ0v) is 13.7. The molecule has 1 saturated heterocycles. The van der Waals surface area contributed by atoms with Crippen molar-refractivity contribution in [3.8, 4) is 0 Å². The summed E-state index contributed by atoms with van der Waals surface area (Å²) >= 11 is 0. The maximum Gasteiger partial charge on any atom is 0.214 e. The van der Waals surface area contributed by atoms with Crippen molar-refractivity contribution in [1.29, 1.82) is 0 Å². The number of quaternary nitrogens is 1. The monoisotopic (exact) mass is 291 g/mol. The molecule has 1 fully saturated rings. The van der Waals surface area contributed by atoms with Crippen LogP contribution in [0.2, 0.25) is 0 Å². The van der Waals surface area contributed by atoms with Gasteiger partial charge in [-0.2, -0.15) is 0 Å². The highest BCUT2D eigenvalue weighted by molar-refractivity contribution is 7.89. The number of nitrogens with zero attached hydrogens (tertiary/aromatic N) is 2. The Morgan fingerprint density at radius 3 is 1.95 bits per heavy atom. The second-order valence-corrected chi connectivity index (χ2v) is 7.73. The van der Waals surface area contributed by atoms with Crippen molar-refractivity contribution in [3.63, 3.8) is 0 Å². The van der Waals surface area contributed by atoms with Crippen LogP contribution in [0.3, 0.4) is 0 Å². The average molecular weight is 291 g/mol. The van der Waals surface area contributed by atoms with Gasteiger partial charge in [0.15, 0.2) is 0 Å².